The fraction of sp³-hybridized carbons (Fsp3) is 0.312. The van der Waals surface area contributed by atoms with Crippen molar-refractivity contribution in [3.8, 4) is 0 Å². The van der Waals surface area contributed by atoms with Crippen LogP contribution in [-0.2, 0) is 0 Å². The lowest BCUT2D eigenvalue weighted by atomic mass is 10.1. The lowest BCUT2D eigenvalue weighted by Gasteiger charge is -2.14. The predicted molar refractivity (Wildman–Crippen MR) is 92.2 cm³/mol. The van der Waals surface area contributed by atoms with Crippen LogP contribution >= 0.6 is 23.2 Å². The third-order valence-electron chi connectivity index (χ3n) is 3.33. The normalized spacial score (nSPS) is 10.5. The van der Waals surface area contributed by atoms with Crippen LogP contribution in [0.25, 0.3) is 0 Å². The number of pyridine rings is 1. The third-order valence-corrected chi connectivity index (χ3v) is 3.91. The minimum Gasteiger partial charge on any atom is -0.369 e. The molecule has 0 saturated carbocycles. The maximum Gasteiger partial charge on any atom is 0.151 e. The number of hydrogen-bond acceptors (Lipinski definition) is 3. The fourth-order valence-electron chi connectivity index (χ4n) is 1.94. The molecule has 1 aromatic carbocycles. The van der Waals surface area contributed by atoms with E-state index in [1.807, 2.05) is 12.1 Å². The van der Waals surface area contributed by atoms with Crippen LogP contribution in [0, 0.1) is 13.8 Å². The summed E-state index contributed by atoms with van der Waals surface area (Å²) in [6, 6.07) is 7.80. The van der Waals surface area contributed by atoms with Crippen molar-refractivity contribution in [1.82, 2.24) is 4.98 Å². The van der Waals surface area contributed by atoms with E-state index in [4.69, 9.17) is 23.2 Å². The minimum absolute atomic E-state index is 0.503. The van der Waals surface area contributed by atoms with Gasteiger partial charge in [0.2, 0.25) is 0 Å². The minimum atomic E-state index is 0.503. The van der Waals surface area contributed by atoms with Crippen molar-refractivity contribution in [2.24, 2.45) is 0 Å². The van der Waals surface area contributed by atoms with Gasteiger partial charge in [-0.1, -0.05) is 42.3 Å². The van der Waals surface area contributed by atoms with Crippen LogP contribution in [0.5, 0.6) is 0 Å². The number of anilines is 3. The molecule has 0 saturated heterocycles. The molecule has 2 rings (SSSR count). The molecule has 2 aromatic rings. The van der Waals surface area contributed by atoms with Gasteiger partial charge in [0.1, 0.15) is 5.82 Å². The monoisotopic (exact) mass is 323 g/mol. The maximum absolute atomic E-state index is 6.24. The van der Waals surface area contributed by atoms with E-state index in [9.17, 15) is 0 Å². The molecular formula is C16H19Cl2N3. The van der Waals surface area contributed by atoms with E-state index in [0.29, 0.717) is 21.7 Å². The van der Waals surface area contributed by atoms with Gasteiger partial charge in [-0.2, -0.15) is 0 Å². The number of hydrogen-bond donors (Lipinski definition) is 2. The summed E-state index contributed by atoms with van der Waals surface area (Å²) in [5, 5.41) is 7.51. The second-order valence-corrected chi connectivity index (χ2v) is 5.76. The molecule has 2 N–H and O–H groups in total. The van der Waals surface area contributed by atoms with Crippen molar-refractivity contribution in [2.45, 2.75) is 27.2 Å². The molecule has 1 heterocycles. The van der Waals surface area contributed by atoms with Crippen LogP contribution in [0.2, 0.25) is 10.0 Å². The SMILES string of the molecule is CCCNc1nc(Nc2cccc(C)c2C)c(Cl)cc1Cl. The van der Waals surface area contributed by atoms with Crippen LogP contribution in [-0.4, -0.2) is 11.5 Å². The van der Waals surface area contributed by atoms with Crippen molar-refractivity contribution < 1.29 is 0 Å². The molecular weight excluding hydrogens is 305 g/mol. The zero-order valence-electron chi connectivity index (χ0n) is 12.4. The van der Waals surface area contributed by atoms with Gasteiger partial charge in [0.15, 0.2) is 5.82 Å². The number of nitrogens with zero attached hydrogens (tertiary/aromatic N) is 1. The highest BCUT2D eigenvalue weighted by molar-refractivity contribution is 6.37. The van der Waals surface area contributed by atoms with Crippen LogP contribution in [0.3, 0.4) is 0 Å². The van der Waals surface area contributed by atoms with Crippen LogP contribution in [0.1, 0.15) is 24.5 Å². The molecule has 112 valence electrons. The second kappa shape index (κ2) is 7.01. The molecule has 3 nitrogen and oxygen atoms in total. The Labute approximate surface area is 135 Å². The van der Waals surface area contributed by atoms with Gasteiger partial charge in [-0.25, -0.2) is 4.98 Å². The van der Waals surface area contributed by atoms with Gasteiger partial charge < -0.3 is 10.6 Å². The van der Waals surface area contributed by atoms with E-state index in [0.717, 1.165) is 18.7 Å². The van der Waals surface area contributed by atoms with Crippen molar-refractivity contribution in [2.75, 3.05) is 17.2 Å². The standard InChI is InChI=1S/C16H19Cl2N3/c1-4-8-19-15-12(17)9-13(18)16(21-15)20-14-7-5-6-10(2)11(14)3/h5-7,9H,4,8H2,1-3H3,(H2,19,20,21). The first-order chi connectivity index (χ1) is 10.0. The highest BCUT2D eigenvalue weighted by atomic mass is 35.5. The van der Waals surface area contributed by atoms with E-state index >= 15 is 0 Å². The Morgan fingerprint density at radius 2 is 1.81 bits per heavy atom. The Hall–Kier alpha value is -1.45. The zero-order valence-corrected chi connectivity index (χ0v) is 13.9. The molecule has 0 radical (unpaired) electrons. The molecule has 0 atom stereocenters. The topological polar surface area (TPSA) is 37.0 Å². The van der Waals surface area contributed by atoms with E-state index in [2.05, 4.69) is 42.5 Å². The quantitative estimate of drug-likeness (QED) is 0.755. The van der Waals surface area contributed by atoms with Gasteiger partial charge in [0, 0.05) is 12.2 Å². The van der Waals surface area contributed by atoms with Crippen LogP contribution in [0.4, 0.5) is 17.3 Å². The first kappa shape index (κ1) is 15.9. The van der Waals surface area contributed by atoms with Crippen LogP contribution in [0.15, 0.2) is 24.3 Å². The molecule has 21 heavy (non-hydrogen) atoms. The molecule has 1 aromatic heterocycles. The molecule has 0 aliphatic rings. The molecule has 0 aliphatic heterocycles. The summed E-state index contributed by atoms with van der Waals surface area (Å²) in [6.45, 7) is 7.05. The lowest BCUT2D eigenvalue weighted by molar-refractivity contribution is 0.970. The highest BCUT2D eigenvalue weighted by Crippen LogP contribution is 2.32. The summed E-state index contributed by atoms with van der Waals surface area (Å²) in [5.41, 5.74) is 3.39. The lowest BCUT2D eigenvalue weighted by Crippen LogP contribution is -2.05. The van der Waals surface area contributed by atoms with Gasteiger partial charge >= 0.3 is 0 Å². The van der Waals surface area contributed by atoms with Gasteiger partial charge in [0.05, 0.1) is 10.0 Å². The molecule has 0 spiro atoms. The van der Waals surface area contributed by atoms with E-state index in [-0.39, 0.29) is 0 Å². The van der Waals surface area contributed by atoms with Crippen molar-refractivity contribution >= 4 is 40.5 Å². The highest BCUT2D eigenvalue weighted by Gasteiger charge is 2.10. The molecule has 0 fully saturated rings. The summed E-state index contributed by atoms with van der Waals surface area (Å²) in [5.74, 6) is 1.25. The number of rotatable bonds is 5. The number of aromatic nitrogens is 1. The number of aryl methyl sites for hydroxylation is 1. The molecule has 0 bridgehead atoms. The summed E-state index contributed by atoms with van der Waals surface area (Å²) in [6.07, 6.45) is 1.00. The second-order valence-electron chi connectivity index (χ2n) is 4.95. The Balaban J connectivity index is 2.33. The number of benzene rings is 1. The summed E-state index contributed by atoms with van der Waals surface area (Å²) in [4.78, 5) is 4.49. The smallest absolute Gasteiger partial charge is 0.151 e. The van der Waals surface area contributed by atoms with Crippen LogP contribution < -0.4 is 10.6 Å². The van der Waals surface area contributed by atoms with Gasteiger partial charge in [-0.05, 0) is 43.5 Å². The van der Waals surface area contributed by atoms with Crippen molar-refractivity contribution in [3.05, 3.63) is 45.4 Å². The maximum atomic E-state index is 6.24. The number of halogens is 2. The summed E-state index contributed by atoms with van der Waals surface area (Å²) >= 11 is 12.4. The molecule has 0 aliphatic carbocycles. The summed E-state index contributed by atoms with van der Waals surface area (Å²) < 4.78 is 0. The fourth-order valence-corrected chi connectivity index (χ4v) is 2.41. The van der Waals surface area contributed by atoms with Gasteiger partial charge in [0.25, 0.3) is 0 Å². The third kappa shape index (κ3) is 3.80. The molecule has 0 amide bonds. The predicted octanol–water partition coefficient (Wildman–Crippen LogP) is 5.57. The van der Waals surface area contributed by atoms with E-state index < -0.39 is 0 Å². The first-order valence-electron chi connectivity index (χ1n) is 6.96. The largest absolute Gasteiger partial charge is 0.369 e. The van der Waals surface area contributed by atoms with Gasteiger partial charge in [-0.15, -0.1) is 0 Å². The Morgan fingerprint density at radius 3 is 2.52 bits per heavy atom. The van der Waals surface area contributed by atoms with Crippen molar-refractivity contribution in [3.63, 3.8) is 0 Å². The molecule has 5 heteroatoms. The number of nitrogens with one attached hydrogen (secondary N) is 2. The summed E-state index contributed by atoms with van der Waals surface area (Å²) in [7, 11) is 0. The Morgan fingerprint density at radius 1 is 1.10 bits per heavy atom. The molecule has 0 unspecified atom stereocenters. The van der Waals surface area contributed by atoms with E-state index in [1.54, 1.807) is 6.07 Å². The van der Waals surface area contributed by atoms with Gasteiger partial charge in [-0.3, -0.25) is 0 Å². The Bertz CT molecular complexity index is 642. The van der Waals surface area contributed by atoms with Crippen molar-refractivity contribution in [1.29, 1.82) is 0 Å². The van der Waals surface area contributed by atoms with E-state index in [1.165, 1.54) is 11.1 Å². The Kier molecular flexibility index (Phi) is 5.32. The zero-order chi connectivity index (χ0) is 15.4. The average Bonchev–Trinajstić information content (AvgIpc) is 2.45. The average molecular weight is 324 g/mol. The first-order valence-corrected chi connectivity index (χ1v) is 7.71.